The van der Waals surface area contributed by atoms with E-state index in [-0.39, 0.29) is 11.5 Å². The van der Waals surface area contributed by atoms with Gasteiger partial charge in [0.15, 0.2) is 0 Å². The van der Waals surface area contributed by atoms with Crippen LogP contribution in [0.5, 0.6) is 0 Å². The van der Waals surface area contributed by atoms with Gasteiger partial charge in [-0.05, 0) is 38.1 Å². The molecule has 0 aliphatic carbocycles. The predicted octanol–water partition coefficient (Wildman–Crippen LogP) is 2.60. The first-order chi connectivity index (χ1) is 8.97. The van der Waals surface area contributed by atoms with E-state index in [9.17, 15) is 8.42 Å². The Labute approximate surface area is 113 Å². The van der Waals surface area contributed by atoms with E-state index in [1.807, 2.05) is 26.0 Å². The van der Waals surface area contributed by atoms with Crippen molar-refractivity contribution in [3.05, 3.63) is 59.4 Å². The standard InChI is InChI=1S/C14H15NO3S/c1-11-6-8-14(9-7-11)19(16,17)18-10-13-5-3-4-12(2)15-13/h3-9H,10H2,1-2H3. The van der Waals surface area contributed by atoms with Gasteiger partial charge in [0.1, 0.15) is 6.61 Å². The van der Waals surface area contributed by atoms with Crippen LogP contribution in [0.3, 0.4) is 0 Å². The molecule has 0 bridgehead atoms. The quantitative estimate of drug-likeness (QED) is 0.806. The summed E-state index contributed by atoms with van der Waals surface area (Å²) in [6, 6.07) is 11.9. The Kier molecular flexibility index (Phi) is 3.97. The van der Waals surface area contributed by atoms with E-state index in [2.05, 4.69) is 4.98 Å². The first-order valence-electron chi connectivity index (χ1n) is 5.86. The predicted molar refractivity (Wildman–Crippen MR) is 72.1 cm³/mol. The lowest BCUT2D eigenvalue weighted by Gasteiger charge is -2.06. The number of pyridine rings is 1. The molecule has 0 saturated heterocycles. The van der Waals surface area contributed by atoms with E-state index in [4.69, 9.17) is 4.18 Å². The van der Waals surface area contributed by atoms with Gasteiger partial charge < -0.3 is 0 Å². The number of hydrogen-bond donors (Lipinski definition) is 0. The molecule has 0 N–H and O–H groups in total. The van der Waals surface area contributed by atoms with Crippen LogP contribution in [0.25, 0.3) is 0 Å². The lowest BCUT2D eigenvalue weighted by molar-refractivity contribution is 0.303. The molecule has 0 saturated carbocycles. The number of hydrogen-bond acceptors (Lipinski definition) is 4. The van der Waals surface area contributed by atoms with Crippen LogP contribution in [0.2, 0.25) is 0 Å². The number of rotatable bonds is 4. The summed E-state index contributed by atoms with van der Waals surface area (Å²) in [6.45, 7) is 3.68. The van der Waals surface area contributed by atoms with Crippen LogP contribution in [0.1, 0.15) is 17.0 Å². The monoisotopic (exact) mass is 277 g/mol. The number of aryl methyl sites for hydroxylation is 2. The maximum absolute atomic E-state index is 12.0. The van der Waals surface area contributed by atoms with Crippen molar-refractivity contribution in [2.45, 2.75) is 25.3 Å². The van der Waals surface area contributed by atoms with Crippen molar-refractivity contribution < 1.29 is 12.6 Å². The molecule has 0 aliphatic rings. The highest BCUT2D eigenvalue weighted by molar-refractivity contribution is 7.86. The summed E-state index contributed by atoms with van der Waals surface area (Å²) in [7, 11) is -3.73. The van der Waals surface area contributed by atoms with Crippen molar-refractivity contribution in [1.29, 1.82) is 0 Å². The van der Waals surface area contributed by atoms with Crippen LogP contribution in [-0.2, 0) is 20.9 Å². The topological polar surface area (TPSA) is 56.3 Å². The van der Waals surface area contributed by atoms with Crippen molar-refractivity contribution in [1.82, 2.24) is 4.98 Å². The van der Waals surface area contributed by atoms with Crippen LogP contribution in [0.4, 0.5) is 0 Å². The highest BCUT2D eigenvalue weighted by atomic mass is 32.2. The average molecular weight is 277 g/mol. The molecule has 100 valence electrons. The summed E-state index contributed by atoms with van der Waals surface area (Å²) in [5, 5.41) is 0. The molecule has 0 atom stereocenters. The zero-order valence-corrected chi connectivity index (χ0v) is 11.6. The highest BCUT2D eigenvalue weighted by Gasteiger charge is 2.15. The minimum Gasteiger partial charge on any atom is -0.260 e. The van der Waals surface area contributed by atoms with E-state index in [1.165, 1.54) is 12.1 Å². The van der Waals surface area contributed by atoms with E-state index in [0.29, 0.717) is 5.69 Å². The second-order valence-corrected chi connectivity index (χ2v) is 5.92. The second kappa shape index (κ2) is 5.50. The Hall–Kier alpha value is -1.72. The van der Waals surface area contributed by atoms with Crippen molar-refractivity contribution >= 4 is 10.1 Å². The fourth-order valence-electron chi connectivity index (χ4n) is 1.59. The third-order valence-electron chi connectivity index (χ3n) is 2.62. The smallest absolute Gasteiger partial charge is 0.260 e. The van der Waals surface area contributed by atoms with E-state index in [1.54, 1.807) is 18.2 Å². The molecule has 0 aliphatic heterocycles. The minimum absolute atomic E-state index is 0.0576. The average Bonchev–Trinajstić information content (AvgIpc) is 2.37. The first kappa shape index (κ1) is 13.7. The van der Waals surface area contributed by atoms with E-state index in [0.717, 1.165) is 11.3 Å². The van der Waals surface area contributed by atoms with Crippen LogP contribution < -0.4 is 0 Å². The summed E-state index contributed by atoms with van der Waals surface area (Å²) in [6.07, 6.45) is 0. The van der Waals surface area contributed by atoms with Gasteiger partial charge in [0.25, 0.3) is 10.1 Å². The largest absolute Gasteiger partial charge is 0.297 e. The van der Waals surface area contributed by atoms with E-state index < -0.39 is 10.1 Å². The summed E-state index contributed by atoms with van der Waals surface area (Å²) in [5.74, 6) is 0. The summed E-state index contributed by atoms with van der Waals surface area (Å²) in [4.78, 5) is 4.35. The Morgan fingerprint density at radius 1 is 1.05 bits per heavy atom. The lowest BCUT2D eigenvalue weighted by Crippen LogP contribution is -2.07. The summed E-state index contributed by atoms with van der Waals surface area (Å²) in [5.41, 5.74) is 2.42. The molecule has 1 heterocycles. The van der Waals surface area contributed by atoms with Gasteiger partial charge >= 0.3 is 0 Å². The van der Waals surface area contributed by atoms with Gasteiger partial charge in [-0.3, -0.25) is 9.17 Å². The minimum atomic E-state index is -3.73. The molecular weight excluding hydrogens is 262 g/mol. The molecule has 19 heavy (non-hydrogen) atoms. The SMILES string of the molecule is Cc1ccc(S(=O)(=O)OCc2cccc(C)n2)cc1. The Balaban J connectivity index is 2.12. The molecule has 1 aromatic heterocycles. The van der Waals surface area contributed by atoms with Crippen molar-refractivity contribution in [3.8, 4) is 0 Å². The molecule has 0 unspecified atom stereocenters. The summed E-state index contributed by atoms with van der Waals surface area (Å²) < 4.78 is 28.9. The second-order valence-electron chi connectivity index (χ2n) is 4.30. The third kappa shape index (κ3) is 3.62. The molecule has 0 radical (unpaired) electrons. The fourth-order valence-corrected chi connectivity index (χ4v) is 2.47. The lowest BCUT2D eigenvalue weighted by atomic mass is 10.2. The Morgan fingerprint density at radius 3 is 2.37 bits per heavy atom. The van der Waals surface area contributed by atoms with Crippen molar-refractivity contribution in [3.63, 3.8) is 0 Å². The van der Waals surface area contributed by atoms with Gasteiger partial charge in [0, 0.05) is 5.69 Å². The van der Waals surface area contributed by atoms with Crippen LogP contribution >= 0.6 is 0 Å². The number of nitrogens with zero attached hydrogens (tertiary/aromatic N) is 1. The van der Waals surface area contributed by atoms with Crippen molar-refractivity contribution in [2.24, 2.45) is 0 Å². The van der Waals surface area contributed by atoms with Gasteiger partial charge in [-0.2, -0.15) is 8.42 Å². The van der Waals surface area contributed by atoms with Crippen LogP contribution in [0.15, 0.2) is 47.4 Å². The maximum Gasteiger partial charge on any atom is 0.297 e. The normalized spacial score (nSPS) is 11.5. The number of aromatic nitrogens is 1. The maximum atomic E-state index is 12.0. The molecule has 0 fully saturated rings. The third-order valence-corrected chi connectivity index (χ3v) is 3.90. The summed E-state index contributed by atoms with van der Waals surface area (Å²) >= 11 is 0. The zero-order valence-electron chi connectivity index (χ0n) is 10.8. The molecule has 2 aromatic rings. The van der Waals surface area contributed by atoms with Gasteiger partial charge in [0.2, 0.25) is 0 Å². The van der Waals surface area contributed by atoms with Gasteiger partial charge in [-0.1, -0.05) is 23.8 Å². The van der Waals surface area contributed by atoms with Gasteiger partial charge in [-0.15, -0.1) is 0 Å². The number of benzene rings is 1. The molecular formula is C14H15NO3S. The molecule has 0 spiro atoms. The molecule has 1 aromatic carbocycles. The van der Waals surface area contributed by atoms with Crippen molar-refractivity contribution in [2.75, 3.05) is 0 Å². The molecule has 0 amide bonds. The molecule has 5 heteroatoms. The molecule has 4 nitrogen and oxygen atoms in total. The zero-order chi connectivity index (χ0) is 13.9. The highest BCUT2D eigenvalue weighted by Crippen LogP contribution is 2.14. The fraction of sp³-hybridized carbons (Fsp3) is 0.214. The van der Waals surface area contributed by atoms with Crippen LogP contribution in [0, 0.1) is 13.8 Å². The van der Waals surface area contributed by atoms with E-state index >= 15 is 0 Å². The van der Waals surface area contributed by atoms with Gasteiger partial charge in [-0.25, -0.2) is 0 Å². The first-order valence-corrected chi connectivity index (χ1v) is 7.27. The molecule has 2 rings (SSSR count). The Morgan fingerprint density at radius 2 is 1.74 bits per heavy atom. The Bertz CT molecular complexity index is 663. The van der Waals surface area contributed by atoms with Crippen LogP contribution in [-0.4, -0.2) is 13.4 Å². The van der Waals surface area contributed by atoms with Gasteiger partial charge in [0.05, 0.1) is 10.6 Å².